The molecule has 0 spiro atoms. The van der Waals surface area contributed by atoms with E-state index in [1.54, 1.807) is 0 Å². The molecule has 0 saturated heterocycles. The van der Waals surface area contributed by atoms with E-state index in [4.69, 9.17) is 4.74 Å². The molecule has 2 nitrogen and oxygen atoms in total. The second-order valence-electron chi connectivity index (χ2n) is 7.25. The SMILES string of the molecule is CCc1cccc(C(NC)C2(OC)CCC(C)(C)CC2)c1. The molecule has 1 unspecified atom stereocenters. The number of hydrogen-bond acceptors (Lipinski definition) is 2. The maximum atomic E-state index is 6.09. The van der Waals surface area contributed by atoms with E-state index in [0.29, 0.717) is 5.41 Å². The number of rotatable bonds is 5. The van der Waals surface area contributed by atoms with Crippen molar-refractivity contribution in [3.8, 4) is 0 Å². The molecule has 0 aliphatic heterocycles. The van der Waals surface area contributed by atoms with Crippen LogP contribution < -0.4 is 5.32 Å². The number of methoxy groups -OCH3 is 1. The quantitative estimate of drug-likeness (QED) is 0.862. The van der Waals surface area contributed by atoms with Crippen molar-refractivity contribution < 1.29 is 4.74 Å². The molecular weight excluding hydrogens is 258 g/mol. The van der Waals surface area contributed by atoms with Crippen LogP contribution in [0.1, 0.15) is 63.6 Å². The maximum Gasteiger partial charge on any atom is 0.0872 e. The van der Waals surface area contributed by atoms with Gasteiger partial charge in [-0.3, -0.25) is 0 Å². The predicted molar refractivity (Wildman–Crippen MR) is 89.6 cm³/mol. The highest BCUT2D eigenvalue weighted by Gasteiger charge is 2.44. The minimum absolute atomic E-state index is 0.0728. The van der Waals surface area contributed by atoms with Gasteiger partial charge in [-0.1, -0.05) is 45.0 Å². The number of hydrogen-bond donors (Lipinski definition) is 1. The van der Waals surface area contributed by atoms with Gasteiger partial charge in [-0.2, -0.15) is 0 Å². The number of benzene rings is 1. The van der Waals surface area contributed by atoms with Crippen LogP contribution >= 0.6 is 0 Å². The number of aryl methyl sites for hydroxylation is 1. The highest BCUT2D eigenvalue weighted by molar-refractivity contribution is 5.28. The molecule has 118 valence electrons. The molecule has 1 fully saturated rings. The molecule has 0 amide bonds. The summed E-state index contributed by atoms with van der Waals surface area (Å²) in [5.74, 6) is 0. The van der Waals surface area contributed by atoms with Gasteiger partial charge in [-0.05, 0) is 55.7 Å². The first-order chi connectivity index (χ1) is 9.96. The highest BCUT2D eigenvalue weighted by atomic mass is 16.5. The van der Waals surface area contributed by atoms with Gasteiger partial charge in [-0.25, -0.2) is 0 Å². The minimum Gasteiger partial charge on any atom is -0.376 e. The van der Waals surface area contributed by atoms with Crippen molar-refractivity contribution in [3.05, 3.63) is 35.4 Å². The summed E-state index contributed by atoms with van der Waals surface area (Å²) in [4.78, 5) is 0. The van der Waals surface area contributed by atoms with E-state index in [0.717, 1.165) is 19.3 Å². The van der Waals surface area contributed by atoms with Crippen LogP contribution in [0.2, 0.25) is 0 Å². The van der Waals surface area contributed by atoms with Gasteiger partial charge < -0.3 is 10.1 Å². The molecule has 0 aromatic heterocycles. The van der Waals surface area contributed by atoms with Crippen LogP contribution in [0, 0.1) is 5.41 Å². The summed E-state index contributed by atoms with van der Waals surface area (Å²) in [5, 5.41) is 3.53. The first-order valence-electron chi connectivity index (χ1n) is 8.27. The van der Waals surface area contributed by atoms with Gasteiger partial charge in [0.1, 0.15) is 0 Å². The van der Waals surface area contributed by atoms with Gasteiger partial charge in [0.15, 0.2) is 0 Å². The van der Waals surface area contributed by atoms with Crippen LogP contribution in [0.4, 0.5) is 0 Å². The van der Waals surface area contributed by atoms with Gasteiger partial charge in [0.25, 0.3) is 0 Å². The van der Waals surface area contributed by atoms with E-state index in [9.17, 15) is 0 Å². The minimum atomic E-state index is -0.0728. The van der Waals surface area contributed by atoms with Crippen molar-refractivity contribution in [1.29, 1.82) is 0 Å². The smallest absolute Gasteiger partial charge is 0.0872 e. The molecular formula is C19H31NO. The fraction of sp³-hybridized carbons (Fsp3) is 0.684. The molecule has 1 atom stereocenters. The summed E-state index contributed by atoms with van der Waals surface area (Å²) in [6.45, 7) is 6.96. The van der Waals surface area contributed by atoms with E-state index >= 15 is 0 Å². The molecule has 1 saturated carbocycles. The molecule has 2 heteroatoms. The fourth-order valence-electron chi connectivity index (χ4n) is 3.69. The Labute approximate surface area is 130 Å². The second kappa shape index (κ2) is 6.50. The third-order valence-corrected chi connectivity index (χ3v) is 5.36. The predicted octanol–water partition coefficient (Wildman–Crippen LogP) is 4.49. The fourth-order valence-corrected chi connectivity index (χ4v) is 3.69. The average molecular weight is 289 g/mol. The maximum absolute atomic E-state index is 6.09. The van der Waals surface area contributed by atoms with E-state index < -0.39 is 0 Å². The summed E-state index contributed by atoms with van der Waals surface area (Å²) in [6, 6.07) is 9.22. The Morgan fingerprint density at radius 3 is 2.38 bits per heavy atom. The Kier molecular flexibility index (Phi) is 5.11. The summed E-state index contributed by atoms with van der Waals surface area (Å²) in [6.07, 6.45) is 5.78. The molecule has 1 aromatic rings. The molecule has 1 N–H and O–H groups in total. The van der Waals surface area contributed by atoms with E-state index in [1.165, 1.54) is 24.0 Å². The molecule has 21 heavy (non-hydrogen) atoms. The van der Waals surface area contributed by atoms with Gasteiger partial charge >= 0.3 is 0 Å². The lowest BCUT2D eigenvalue weighted by atomic mass is 9.67. The Morgan fingerprint density at radius 1 is 1.19 bits per heavy atom. The zero-order valence-corrected chi connectivity index (χ0v) is 14.3. The zero-order chi connectivity index (χ0) is 15.5. The van der Waals surface area contributed by atoms with Gasteiger partial charge in [0.2, 0.25) is 0 Å². The molecule has 0 heterocycles. The number of ether oxygens (including phenoxy) is 1. The number of nitrogens with one attached hydrogen (secondary N) is 1. The van der Waals surface area contributed by atoms with Crippen LogP contribution in [0.25, 0.3) is 0 Å². The molecule has 1 aromatic carbocycles. The third kappa shape index (κ3) is 3.49. The Bertz CT molecular complexity index is 456. The van der Waals surface area contributed by atoms with Crippen LogP contribution in [0.15, 0.2) is 24.3 Å². The van der Waals surface area contributed by atoms with E-state index in [1.807, 2.05) is 7.11 Å². The van der Waals surface area contributed by atoms with Gasteiger partial charge in [0.05, 0.1) is 11.6 Å². The molecule has 2 rings (SSSR count). The third-order valence-electron chi connectivity index (χ3n) is 5.36. The largest absolute Gasteiger partial charge is 0.376 e. The van der Waals surface area contributed by atoms with Gasteiger partial charge in [0, 0.05) is 7.11 Å². The summed E-state index contributed by atoms with van der Waals surface area (Å²) >= 11 is 0. The topological polar surface area (TPSA) is 21.3 Å². The van der Waals surface area contributed by atoms with Crippen LogP contribution in [-0.4, -0.2) is 19.8 Å². The zero-order valence-electron chi connectivity index (χ0n) is 14.3. The van der Waals surface area contributed by atoms with E-state index in [-0.39, 0.29) is 11.6 Å². The summed E-state index contributed by atoms with van der Waals surface area (Å²) in [5.41, 5.74) is 3.14. The first-order valence-corrected chi connectivity index (χ1v) is 8.27. The molecule has 0 bridgehead atoms. The van der Waals surface area contributed by atoms with Crippen LogP contribution in [0.3, 0.4) is 0 Å². The van der Waals surface area contributed by atoms with Crippen LogP contribution in [-0.2, 0) is 11.2 Å². The van der Waals surface area contributed by atoms with E-state index in [2.05, 4.69) is 57.4 Å². The van der Waals surface area contributed by atoms with Crippen molar-refractivity contribution in [2.45, 2.75) is 64.5 Å². The van der Waals surface area contributed by atoms with Crippen molar-refractivity contribution in [1.82, 2.24) is 5.32 Å². The highest BCUT2D eigenvalue weighted by Crippen LogP contribution is 2.47. The second-order valence-corrected chi connectivity index (χ2v) is 7.25. The Morgan fingerprint density at radius 2 is 1.86 bits per heavy atom. The Hall–Kier alpha value is -0.860. The lowest BCUT2D eigenvalue weighted by molar-refractivity contribution is -0.0862. The Balaban J connectivity index is 2.29. The summed E-state index contributed by atoms with van der Waals surface area (Å²) in [7, 11) is 3.94. The monoisotopic (exact) mass is 289 g/mol. The first kappa shape index (κ1) is 16.5. The van der Waals surface area contributed by atoms with Crippen molar-refractivity contribution in [2.75, 3.05) is 14.2 Å². The van der Waals surface area contributed by atoms with Crippen molar-refractivity contribution >= 4 is 0 Å². The standard InChI is InChI=1S/C19H31NO/c1-6-15-8-7-9-16(14-15)17(20-4)19(21-5)12-10-18(2,3)11-13-19/h7-9,14,17,20H,6,10-13H2,1-5H3. The van der Waals surface area contributed by atoms with Gasteiger partial charge in [-0.15, -0.1) is 0 Å². The lowest BCUT2D eigenvalue weighted by Crippen LogP contribution is -2.48. The molecule has 1 aliphatic rings. The number of likely N-dealkylation sites (N-methyl/N-ethyl adjacent to an activating group) is 1. The van der Waals surface area contributed by atoms with Crippen molar-refractivity contribution in [2.24, 2.45) is 5.41 Å². The summed E-state index contributed by atoms with van der Waals surface area (Å²) < 4.78 is 6.09. The normalized spacial score (nSPS) is 22.0. The average Bonchev–Trinajstić information content (AvgIpc) is 2.50. The molecule has 0 radical (unpaired) electrons. The lowest BCUT2D eigenvalue weighted by Gasteiger charge is -2.47. The van der Waals surface area contributed by atoms with Crippen LogP contribution in [0.5, 0.6) is 0 Å². The molecule has 1 aliphatic carbocycles. The van der Waals surface area contributed by atoms with Crippen molar-refractivity contribution in [3.63, 3.8) is 0 Å².